The number of hydrogen-bond acceptors (Lipinski definition) is 4. The minimum absolute atomic E-state index is 0.0361. The number of nitrogens with one attached hydrogen (secondary N) is 1. The van der Waals surface area contributed by atoms with Gasteiger partial charge in [-0.2, -0.15) is 18.2 Å². The highest BCUT2D eigenvalue weighted by atomic mass is 19.4. The molecule has 3 aromatic rings. The maximum Gasteiger partial charge on any atom is 0.418 e. The van der Waals surface area contributed by atoms with Crippen LogP contribution in [0.25, 0.3) is 11.4 Å². The van der Waals surface area contributed by atoms with Crippen LogP contribution in [0.2, 0.25) is 0 Å². The SMILES string of the molecule is Cc1cccc(-c2noc(CCCC(=O)Nc3ccccc3C(F)(F)F)n2)c1. The monoisotopic (exact) mass is 389 g/mol. The number of carbonyl (C=O) groups is 1. The average Bonchev–Trinajstić information content (AvgIpc) is 3.10. The van der Waals surface area contributed by atoms with Gasteiger partial charge in [-0.05, 0) is 31.5 Å². The molecule has 1 aromatic heterocycles. The van der Waals surface area contributed by atoms with Crippen molar-refractivity contribution in [3.63, 3.8) is 0 Å². The van der Waals surface area contributed by atoms with E-state index >= 15 is 0 Å². The number of halogens is 3. The summed E-state index contributed by atoms with van der Waals surface area (Å²) in [5, 5.41) is 6.24. The lowest BCUT2D eigenvalue weighted by molar-refractivity contribution is -0.137. The Morgan fingerprint density at radius 3 is 2.68 bits per heavy atom. The van der Waals surface area contributed by atoms with Crippen molar-refractivity contribution in [1.82, 2.24) is 10.1 Å². The van der Waals surface area contributed by atoms with Crippen molar-refractivity contribution in [2.24, 2.45) is 0 Å². The third-order valence-electron chi connectivity index (χ3n) is 4.05. The highest BCUT2D eigenvalue weighted by Gasteiger charge is 2.33. The lowest BCUT2D eigenvalue weighted by Crippen LogP contribution is -2.16. The molecular formula is C20H18F3N3O2. The van der Waals surface area contributed by atoms with Gasteiger partial charge >= 0.3 is 6.18 Å². The van der Waals surface area contributed by atoms with Crippen LogP contribution in [0.3, 0.4) is 0 Å². The van der Waals surface area contributed by atoms with Crippen molar-refractivity contribution < 1.29 is 22.5 Å². The Hall–Kier alpha value is -3.16. The molecule has 0 aliphatic carbocycles. The number of aromatic nitrogens is 2. The quantitative estimate of drug-likeness (QED) is 0.642. The summed E-state index contributed by atoms with van der Waals surface area (Å²) >= 11 is 0. The molecule has 8 heteroatoms. The Labute approximate surface area is 159 Å². The van der Waals surface area contributed by atoms with Crippen LogP contribution in [0.15, 0.2) is 53.1 Å². The van der Waals surface area contributed by atoms with Crippen molar-refractivity contribution >= 4 is 11.6 Å². The Morgan fingerprint density at radius 2 is 1.93 bits per heavy atom. The zero-order valence-corrected chi connectivity index (χ0v) is 15.1. The molecule has 1 heterocycles. The van der Waals surface area contributed by atoms with E-state index in [0.29, 0.717) is 24.6 Å². The number of amides is 1. The molecule has 28 heavy (non-hydrogen) atoms. The predicted octanol–water partition coefficient (Wildman–Crippen LogP) is 5.03. The lowest BCUT2D eigenvalue weighted by atomic mass is 10.1. The van der Waals surface area contributed by atoms with Crippen LogP contribution in [-0.4, -0.2) is 16.0 Å². The van der Waals surface area contributed by atoms with Gasteiger partial charge < -0.3 is 9.84 Å². The number of rotatable bonds is 6. The Morgan fingerprint density at radius 1 is 1.14 bits per heavy atom. The molecule has 1 amide bonds. The summed E-state index contributed by atoms with van der Waals surface area (Å²) in [5.41, 5.74) is 0.777. The van der Waals surface area contributed by atoms with E-state index in [2.05, 4.69) is 15.5 Å². The van der Waals surface area contributed by atoms with E-state index in [1.54, 1.807) is 0 Å². The third kappa shape index (κ3) is 4.97. The molecule has 0 aliphatic heterocycles. The standard InChI is InChI=1S/C20H18F3N3O2/c1-13-6-4-7-14(12-13)19-25-18(28-26-19)11-5-10-17(27)24-16-9-3-2-8-15(16)20(21,22)23/h2-4,6-9,12H,5,10-11H2,1H3,(H,24,27). The minimum atomic E-state index is -4.53. The topological polar surface area (TPSA) is 68.0 Å². The molecule has 2 aromatic carbocycles. The number of para-hydroxylation sites is 1. The summed E-state index contributed by atoms with van der Waals surface area (Å²) < 4.78 is 44.1. The largest absolute Gasteiger partial charge is 0.418 e. The molecule has 0 atom stereocenters. The van der Waals surface area contributed by atoms with Crippen LogP contribution in [0.4, 0.5) is 18.9 Å². The van der Waals surface area contributed by atoms with E-state index in [-0.39, 0.29) is 12.1 Å². The minimum Gasteiger partial charge on any atom is -0.339 e. The molecule has 0 bridgehead atoms. The predicted molar refractivity (Wildman–Crippen MR) is 97.5 cm³/mol. The first-order valence-corrected chi connectivity index (χ1v) is 8.68. The van der Waals surface area contributed by atoms with Crippen molar-refractivity contribution in [3.05, 3.63) is 65.5 Å². The summed E-state index contributed by atoms with van der Waals surface area (Å²) in [7, 11) is 0. The molecule has 0 saturated carbocycles. The molecule has 0 spiro atoms. The fourth-order valence-electron chi connectivity index (χ4n) is 2.71. The number of hydrogen-bond donors (Lipinski definition) is 1. The highest BCUT2D eigenvalue weighted by molar-refractivity contribution is 5.91. The number of aryl methyl sites for hydroxylation is 2. The van der Waals surface area contributed by atoms with E-state index in [4.69, 9.17) is 4.52 Å². The fourth-order valence-corrected chi connectivity index (χ4v) is 2.71. The fraction of sp³-hybridized carbons (Fsp3) is 0.250. The highest BCUT2D eigenvalue weighted by Crippen LogP contribution is 2.34. The summed E-state index contributed by atoms with van der Waals surface area (Å²) in [5.74, 6) is 0.331. The normalized spacial score (nSPS) is 11.4. The van der Waals surface area contributed by atoms with Gasteiger partial charge in [0.2, 0.25) is 17.6 Å². The second-order valence-electron chi connectivity index (χ2n) is 6.33. The Bertz CT molecular complexity index is 967. The zero-order chi connectivity index (χ0) is 20.1. The van der Waals surface area contributed by atoms with E-state index in [0.717, 1.165) is 17.2 Å². The molecule has 0 radical (unpaired) electrons. The maximum atomic E-state index is 13.0. The lowest BCUT2D eigenvalue weighted by Gasteiger charge is -2.13. The summed E-state index contributed by atoms with van der Waals surface area (Å²) in [6.45, 7) is 1.96. The van der Waals surface area contributed by atoms with Gasteiger partial charge in [-0.15, -0.1) is 0 Å². The summed E-state index contributed by atoms with van der Waals surface area (Å²) in [4.78, 5) is 16.3. The van der Waals surface area contributed by atoms with Crippen molar-refractivity contribution in [1.29, 1.82) is 0 Å². The summed E-state index contributed by atoms with van der Waals surface area (Å²) in [6.07, 6.45) is -3.77. The Kier molecular flexibility index (Phi) is 5.77. The van der Waals surface area contributed by atoms with E-state index in [1.807, 2.05) is 31.2 Å². The smallest absolute Gasteiger partial charge is 0.339 e. The van der Waals surface area contributed by atoms with E-state index in [9.17, 15) is 18.0 Å². The van der Waals surface area contributed by atoms with Crippen LogP contribution >= 0.6 is 0 Å². The molecule has 0 unspecified atom stereocenters. The second kappa shape index (κ2) is 8.24. The number of alkyl halides is 3. The van der Waals surface area contributed by atoms with Crippen LogP contribution < -0.4 is 5.32 Å². The van der Waals surface area contributed by atoms with Gasteiger partial charge in [-0.1, -0.05) is 41.1 Å². The first-order chi connectivity index (χ1) is 13.3. The molecule has 5 nitrogen and oxygen atoms in total. The maximum absolute atomic E-state index is 13.0. The summed E-state index contributed by atoms with van der Waals surface area (Å²) in [6, 6.07) is 12.5. The van der Waals surface area contributed by atoms with Crippen LogP contribution in [-0.2, 0) is 17.4 Å². The number of carbonyl (C=O) groups excluding carboxylic acids is 1. The molecule has 146 valence electrons. The van der Waals surface area contributed by atoms with Gasteiger partial charge in [0, 0.05) is 18.4 Å². The van der Waals surface area contributed by atoms with Gasteiger partial charge in [0.05, 0.1) is 11.3 Å². The van der Waals surface area contributed by atoms with E-state index < -0.39 is 17.6 Å². The zero-order valence-electron chi connectivity index (χ0n) is 15.1. The van der Waals surface area contributed by atoms with E-state index in [1.165, 1.54) is 18.2 Å². The van der Waals surface area contributed by atoms with Crippen LogP contribution in [0.1, 0.15) is 29.9 Å². The van der Waals surface area contributed by atoms with Crippen molar-refractivity contribution in [3.8, 4) is 11.4 Å². The van der Waals surface area contributed by atoms with Crippen molar-refractivity contribution in [2.45, 2.75) is 32.4 Å². The molecule has 0 saturated heterocycles. The number of anilines is 1. The van der Waals surface area contributed by atoms with Gasteiger partial charge in [0.25, 0.3) is 0 Å². The van der Waals surface area contributed by atoms with Crippen LogP contribution in [0, 0.1) is 6.92 Å². The second-order valence-corrected chi connectivity index (χ2v) is 6.33. The van der Waals surface area contributed by atoms with Gasteiger partial charge in [-0.3, -0.25) is 4.79 Å². The van der Waals surface area contributed by atoms with Crippen molar-refractivity contribution in [2.75, 3.05) is 5.32 Å². The first-order valence-electron chi connectivity index (χ1n) is 8.68. The molecule has 3 rings (SSSR count). The number of nitrogens with zero attached hydrogens (tertiary/aromatic N) is 2. The van der Waals surface area contributed by atoms with Gasteiger partial charge in [-0.25, -0.2) is 0 Å². The molecule has 0 fully saturated rings. The van der Waals surface area contributed by atoms with Gasteiger partial charge in [0.15, 0.2) is 0 Å². The molecule has 1 N–H and O–H groups in total. The van der Waals surface area contributed by atoms with Crippen LogP contribution in [0.5, 0.6) is 0 Å². The Balaban J connectivity index is 1.54. The average molecular weight is 389 g/mol. The molecular weight excluding hydrogens is 371 g/mol. The van der Waals surface area contributed by atoms with Gasteiger partial charge in [0.1, 0.15) is 0 Å². The first kappa shape index (κ1) is 19.6. The molecule has 0 aliphatic rings. The number of benzene rings is 2. The third-order valence-corrected chi connectivity index (χ3v) is 4.05.